The highest BCUT2D eigenvalue weighted by Gasteiger charge is 2.51. The number of hydrogen-bond acceptors (Lipinski definition) is 4. The van der Waals surface area contributed by atoms with E-state index < -0.39 is 29.7 Å². The summed E-state index contributed by atoms with van der Waals surface area (Å²) in [5, 5.41) is 29.6. The normalized spacial score (nSPS) is 34.9. The first-order valence-corrected chi connectivity index (χ1v) is 5.42. The highest BCUT2D eigenvalue weighted by molar-refractivity contribution is 5.27. The molecule has 0 aliphatic carbocycles. The number of ether oxygens (including phenoxy) is 1. The zero-order valence-corrected chi connectivity index (χ0v) is 9.38. The molecule has 5 heteroatoms. The van der Waals surface area contributed by atoms with Crippen molar-refractivity contribution in [2.45, 2.75) is 30.8 Å². The van der Waals surface area contributed by atoms with E-state index in [1.54, 1.807) is 6.07 Å². The first-order chi connectivity index (χ1) is 7.97. The highest BCUT2D eigenvalue weighted by atomic mass is 19.1. The molecule has 0 saturated carbocycles. The minimum atomic E-state index is -1.81. The summed E-state index contributed by atoms with van der Waals surface area (Å²) in [6.45, 7) is 1.20. The van der Waals surface area contributed by atoms with Crippen molar-refractivity contribution >= 4 is 0 Å². The van der Waals surface area contributed by atoms with Crippen LogP contribution in [0, 0.1) is 5.82 Å². The van der Waals surface area contributed by atoms with E-state index in [4.69, 9.17) is 4.74 Å². The average molecular weight is 242 g/mol. The molecule has 1 heterocycles. The van der Waals surface area contributed by atoms with Crippen LogP contribution in [0.2, 0.25) is 0 Å². The van der Waals surface area contributed by atoms with Gasteiger partial charge in [-0.15, -0.1) is 0 Å². The van der Waals surface area contributed by atoms with Crippen molar-refractivity contribution in [2.24, 2.45) is 0 Å². The Balaban J connectivity index is 2.36. The maximum Gasteiger partial charge on any atom is 0.144 e. The molecule has 1 saturated heterocycles. The van der Waals surface area contributed by atoms with E-state index in [9.17, 15) is 19.7 Å². The Morgan fingerprint density at radius 1 is 1.47 bits per heavy atom. The van der Waals surface area contributed by atoms with Crippen LogP contribution >= 0.6 is 0 Å². The van der Waals surface area contributed by atoms with E-state index in [0.29, 0.717) is 0 Å². The number of halogens is 1. The summed E-state index contributed by atoms with van der Waals surface area (Å²) in [5.74, 6) is -0.608. The topological polar surface area (TPSA) is 69.9 Å². The van der Waals surface area contributed by atoms with Gasteiger partial charge in [0.2, 0.25) is 0 Å². The minimum absolute atomic E-state index is 0.0179. The standard InChI is InChI=1S/C12H15FO4/c1-7(14)10-11(15)12(16,6-17-10)8-4-2-3-5-9(8)13/h2-5,7,10-11,14-16H,6H2,1H3/t7?,10-,11-,12-/m1/s1. The van der Waals surface area contributed by atoms with Gasteiger partial charge in [0.1, 0.15) is 23.6 Å². The van der Waals surface area contributed by atoms with E-state index in [-0.39, 0.29) is 12.2 Å². The Morgan fingerprint density at radius 3 is 2.65 bits per heavy atom. The third kappa shape index (κ3) is 1.95. The summed E-state index contributed by atoms with van der Waals surface area (Å²) in [7, 11) is 0. The SMILES string of the molecule is CC(O)[C@H]1OC[C@@](O)(c2ccccc2F)[C@@H]1O. The van der Waals surface area contributed by atoms with Crippen LogP contribution in [0.25, 0.3) is 0 Å². The first kappa shape index (κ1) is 12.4. The van der Waals surface area contributed by atoms with Gasteiger partial charge in [0.15, 0.2) is 0 Å². The van der Waals surface area contributed by atoms with E-state index in [1.165, 1.54) is 25.1 Å². The zero-order valence-electron chi connectivity index (χ0n) is 9.38. The number of rotatable bonds is 2. The maximum atomic E-state index is 13.6. The molecule has 17 heavy (non-hydrogen) atoms. The monoisotopic (exact) mass is 242 g/mol. The van der Waals surface area contributed by atoms with Gasteiger partial charge in [0.05, 0.1) is 12.7 Å². The van der Waals surface area contributed by atoms with Crippen molar-refractivity contribution in [3.8, 4) is 0 Å². The van der Waals surface area contributed by atoms with Gasteiger partial charge >= 0.3 is 0 Å². The lowest BCUT2D eigenvalue weighted by Gasteiger charge is -2.27. The zero-order chi connectivity index (χ0) is 12.6. The Labute approximate surface area is 98.3 Å². The summed E-state index contributed by atoms with van der Waals surface area (Å²) in [6.07, 6.45) is -3.22. The molecule has 2 rings (SSSR count). The summed E-state index contributed by atoms with van der Waals surface area (Å²) in [5.41, 5.74) is -1.83. The molecule has 4 atom stereocenters. The summed E-state index contributed by atoms with van der Waals surface area (Å²) in [4.78, 5) is 0. The van der Waals surface area contributed by atoms with Crippen LogP contribution in [0.1, 0.15) is 12.5 Å². The number of benzene rings is 1. The van der Waals surface area contributed by atoms with Crippen molar-refractivity contribution in [3.05, 3.63) is 35.6 Å². The van der Waals surface area contributed by atoms with Gasteiger partial charge in [-0.05, 0) is 13.0 Å². The van der Waals surface area contributed by atoms with Crippen molar-refractivity contribution in [1.82, 2.24) is 0 Å². The predicted octanol–water partition coefficient (Wildman–Crippen LogP) is 0.154. The minimum Gasteiger partial charge on any atom is -0.391 e. The molecule has 1 aliphatic rings. The second-order valence-electron chi connectivity index (χ2n) is 4.37. The van der Waals surface area contributed by atoms with Crippen LogP contribution in [0.15, 0.2) is 24.3 Å². The molecule has 1 fully saturated rings. The lowest BCUT2D eigenvalue weighted by molar-refractivity contribution is -0.0735. The Kier molecular flexibility index (Phi) is 3.18. The van der Waals surface area contributed by atoms with Gasteiger partial charge < -0.3 is 20.1 Å². The van der Waals surface area contributed by atoms with Gasteiger partial charge in [-0.1, -0.05) is 18.2 Å². The van der Waals surface area contributed by atoms with Gasteiger partial charge in [0.25, 0.3) is 0 Å². The van der Waals surface area contributed by atoms with Crippen LogP contribution in [-0.4, -0.2) is 40.2 Å². The average Bonchev–Trinajstić information content (AvgIpc) is 2.57. The molecule has 1 aliphatic heterocycles. The van der Waals surface area contributed by atoms with Gasteiger partial charge in [0, 0.05) is 5.56 Å². The Hall–Kier alpha value is -1.01. The number of hydrogen-bond donors (Lipinski definition) is 3. The lowest BCUT2D eigenvalue weighted by atomic mass is 9.87. The van der Waals surface area contributed by atoms with E-state index in [1.807, 2.05) is 0 Å². The molecule has 0 aromatic heterocycles. The fraction of sp³-hybridized carbons (Fsp3) is 0.500. The van der Waals surface area contributed by atoms with E-state index in [2.05, 4.69) is 0 Å². The smallest absolute Gasteiger partial charge is 0.144 e. The quantitative estimate of drug-likeness (QED) is 0.690. The van der Waals surface area contributed by atoms with Gasteiger partial charge in [-0.2, -0.15) is 0 Å². The van der Waals surface area contributed by atoms with Crippen LogP contribution in [0.4, 0.5) is 4.39 Å². The fourth-order valence-corrected chi connectivity index (χ4v) is 2.12. The van der Waals surface area contributed by atoms with Crippen LogP contribution in [0.5, 0.6) is 0 Å². The molecular formula is C12H15FO4. The Morgan fingerprint density at radius 2 is 2.12 bits per heavy atom. The summed E-state index contributed by atoms with van der Waals surface area (Å²) >= 11 is 0. The molecule has 0 bridgehead atoms. The second-order valence-corrected chi connectivity index (χ2v) is 4.37. The number of aliphatic hydroxyl groups excluding tert-OH is 2. The van der Waals surface area contributed by atoms with Crippen molar-refractivity contribution in [2.75, 3.05) is 6.61 Å². The van der Waals surface area contributed by atoms with E-state index in [0.717, 1.165) is 0 Å². The molecular weight excluding hydrogens is 227 g/mol. The van der Waals surface area contributed by atoms with Crippen LogP contribution in [0.3, 0.4) is 0 Å². The summed E-state index contributed by atoms with van der Waals surface area (Å²) < 4.78 is 18.7. The third-order valence-corrected chi connectivity index (χ3v) is 3.11. The van der Waals surface area contributed by atoms with Gasteiger partial charge in [-0.25, -0.2) is 4.39 Å². The molecule has 3 N–H and O–H groups in total. The lowest BCUT2D eigenvalue weighted by Crippen LogP contribution is -2.44. The maximum absolute atomic E-state index is 13.6. The first-order valence-electron chi connectivity index (χ1n) is 5.42. The molecule has 1 aromatic rings. The number of aliphatic hydroxyl groups is 3. The van der Waals surface area contributed by atoms with Gasteiger partial charge in [-0.3, -0.25) is 0 Å². The molecule has 0 spiro atoms. The Bertz CT molecular complexity index is 409. The second kappa shape index (κ2) is 4.34. The van der Waals surface area contributed by atoms with Crippen molar-refractivity contribution < 1.29 is 24.4 Å². The molecule has 4 nitrogen and oxygen atoms in total. The molecule has 94 valence electrons. The van der Waals surface area contributed by atoms with Crippen molar-refractivity contribution in [3.63, 3.8) is 0 Å². The molecule has 1 aromatic carbocycles. The van der Waals surface area contributed by atoms with Crippen LogP contribution < -0.4 is 0 Å². The molecule has 0 radical (unpaired) electrons. The molecule has 0 amide bonds. The van der Waals surface area contributed by atoms with E-state index >= 15 is 0 Å². The fourth-order valence-electron chi connectivity index (χ4n) is 2.12. The molecule has 1 unspecified atom stereocenters. The highest BCUT2D eigenvalue weighted by Crippen LogP contribution is 2.36. The van der Waals surface area contributed by atoms with Crippen LogP contribution in [-0.2, 0) is 10.3 Å². The third-order valence-electron chi connectivity index (χ3n) is 3.11. The predicted molar refractivity (Wildman–Crippen MR) is 57.7 cm³/mol. The largest absolute Gasteiger partial charge is 0.391 e. The van der Waals surface area contributed by atoms with Crippen molar-refractivity contribution in [1.29, 1.82) is 0 Å². The summed E-state index contributed by atoms with van der Waals surface area (Å²) in [6, 6.07) is 5.66.